The first-order valence-electron chi connectivity index (χ1n) is 16.8. The molecule has 0 bridgehead atoms. The van der Waals surface area contributed by atoms with E-state index in [1.807, 2.05) is 24.3 Å². The summed E-state index contributed by atoms with van der Waals surface area (Å²) < 4.78 is 0. The van der Waals surface area contributed by atoms with Crippen molar-refractivity contribution in [3.63, 3.8) is 0 Å². The van der Waals surface area contributed by atoms with Gasteiger partial charge in [0, 0.05) is 103 Å². The number of nitrogens with one attached hydrogen (secondary N) is 6. The van der Waals surface area contributed by atoms with Gasteiger partial charge in [-0.05, 0) is 43.2 Å². The number of hydrogen-bond acceptors (Lipinski definition) is 12. The van der Waals surface area contributed by atoms with Crippen LogP contribution in [-0.4, -0.2) is 96.5 Å². The van der Waals surface area contributed by atoms with E-state index in [1.54, 1.807) is 51.9 Å². The number of ketones is 2. The number of aliphatic hydroxyl groups excluding tert-OH is 1. The second-order valence-electron chi connectivity index (χ2n) is 11.6. The summed E-state index contributed by atoms with van der Waals surface area (Å²) in [5.74, 6) is 1.28. The second kappa shape index (κ2) is 19.3. The van der Waals surface area contributed by atoms with Crippen LogP contribution in [0.4, 0.5) is 11.4 Å². The maximum Gasteiger partial charge on any atom is 0.249 e. The van der Waals surface area contributed by atoms with Crippen LogP contribution in [0.2, 0.25) is 0 Å². The molecule has 264 valence electrons. The fourth-order valence-electron chi connectivity index (χ4n) is 5.58. The number of carbonyl (C=O) groups is 3. The number of benzene rings is 2. The normalized spacial score (nSPS) is 12.1. The smallest absolute Gasteiger partial charge is 0.249 e. The molecule has 0 saturated heterocycles. The van der Waals surface area contributed by atoms with Gasteiger partial charge in [-0.2, -0.15) is 0 Å². The molecule has 0 unspecified atom stereocenters. The van der Waals surface area contributed by atoms with Crippen molar-refractivity contribution >= 4 is 61.5 Å². The van der Waals surface area contributed by atoms with Gasteiger partial charge in [-0.3, -0.25) is 19.2 Å². The number of aliphatic hydroxyl groups is 1. The molecule has 0 radical (unpaired) electrons. The van der Waals surface area contributed by atoms with E-state index in [9.17, 15) is 19.2 Å². The molecular weight excluding hydrogens is 675 g/mol. The van der Waals surface area contributed by atoms with E-state index in [-0.39, 0.29) is 29.6 Å². The zero-order valence-corrected chi connectivity index (χ0v) is 29.4. The molecule has 7 N–H and O–H groups in total. The number of aryl methyl sites for hydroxylation is 1. The van der Waals surface area contributed by atoms with Crippen LogP contribution in [0.5, 0.6) is 0 Å². The first-order chi connectivity index (χ1) is 24.5. The Morgan fingerprint density at radius 3 is 2.04 bits per heavy atom. The van der Waals surface area contributed by atoms with Crippen molar-refractivity contribution in [2.24, 2.45) is 0 Å². The van der Waals surface area contributed by atoms with Gasteiger partial charge in [-0.15, -0.1) is 0 Å². The lowest BCUT2D eigenvalue weighted by Crippen LogP contribution is -2.28. The number of carbonyl (C=O) groups excluding carboxylic acids is 3. The number of hydrogen-bond donors (Lipinski definition) is 7. The Bertz CT molecular complexity index is 1850. The molecule has 5 rings (SSSR count). The molecule has 1 aliphatic rings. The first kappa shape index (κ1) is 37.1. The Kier molecular flexibility index (Phi) is 14.3. The molecule has 50 heavy (non-hydrogen) atoms. The SMILES string of the molecule is O=C(CCSSCCNCCNc1ccc(NCCNCCO)c2c1C(=O)c1ccccc1C2=O)NCCCc1ccc2ccc(=O)[nH]c2n1. The molecule has 0 fully saturated rings. The predicted octanol–water partition coefficient (Wildman–Crippen LogP) is 3.21. The molecule has 2 aromatic heterocycles. The molecule has 2 aromatic carbocycles. The zero-order valence-electron chi connectivity index (χ0n) is 27.8. The van der Waals surface area contributed by atoms with Gasteiger partial charge in [0.1, 0.15) is 5.65 Å². The number of aromatic nitrogens is 2. The lowest BCUT2D eigenvalue weighted by molar-refractivity contribution is -0.120. The maximum atomic E-state index is 13.6. The van der Waals surface area contributed by atoms with E-state index in [1.165, 1.54) is 6.07 Å². The maximum absolute atomic E-state index is 13.6. The van der Waals surface area contributed by atoms with E-state index in [0.29, 0.717) is 91.4 Å². The average Bonchev–Trinajstić information content (AvgIpc) is 3.13. The third kappa shape index (κ3) is 10.2. The quantitative estimate of drug-likeness (QED) is 0.0437. The summed E-state index contributed by atoms with van der Waals surface area (Å²) in [6.07, 6.45) is 1.93. The van der Waals surface area contributed by atoms with Crippen molar-refractivity contribution < 1.29 is 19.5 Å². The molecule has 0 saturated carbocycles. The van der Waals surface area contributed by atoms with Gasteiger partial charge in [0.05, 0.1) is 17.7 Å². The number of anilines is 2. The molecule has 1 amide bonds. The largest absolute Gasteiger partial charge is 0.395 e. The summed E-state index contributed by atoms with van der Waals surface area (Å²) >= 11 is 0. The van der Waals surface area contributed by atoms with Crippen LogP contribution in [0.1, 0.15) is 50.4 Å². The summed E-state index contributed by atoms with van der Waals surface area (Å²) in [5.41, 5.74) is 4.12. The van der Waals surface area contributed by atoms with Gasteiger partial charge >= 0.3 is 0 Å². The van der Waals surface area contributed by atoms with Crippen LogP contribution in [-0.2, 0) is 11.2 Å². The summed E-state index contributed by atoms with van der Waals surface area (Å²) in [5, 5.41) is 26.0. The minimum absolute atomic E-state index is 0.0304. The Balaban J connectivity index is 0.965. The monoisotopic (exact) mass is 717 g/mol. The fraction of sp³-hybridized carbons (Fsp3) is 0.361. The minimum Gasteiger partial charge on any atom is -0.395 e. The van der Waals surface area contributed by atoms with Crippen molar-refractivity contribution in [2.75, 3.05) is 74.6 Å². The molecular formula is C36H43N7O5S2. The Hall–Kier alpha value is -4.21. The zero-order chi connectivity index (χ0) is 35.1. The van der Waals surface area contributed by atoms with Crippen molar-refractivity contribution in [3.8, 4) is 0 Å². The topological polar surface area (TPSA) is 177 Å². The summed E-state index contributed by atoms with van der Waals surface area (Å²) in [6, 6.07) is 17.7. The number of aromatic amines is 1. The third-order valence-corrected chi connectivity index (χ3v) is 10.4. The number of pyridine rings is 2. The highest BCUT2D eigenvalue weighted by Crippen LogP contribution is 2.36. The van der Waals surface area contributed by atoms with Gasteiger partial charge in [-0.1, -0.05) is 45.9 Å². The third-order valence-electron chi connectivity index (χ3n) is 8.03. The van der Waals surface area contributed by atoms with Crippen molar-refractivity contribution in [1.82, 2.24) is 25.9 Å². The molecule has 14 heteroatoms. The lowest BCUT2D eigenvalue weighted by Gasteiger charge is -2.24. The molecule has 2 heterocycles. The fourth-order valence-corrected chi connectivity index (χ4v) is 7.52. The van der Waals surface area contributed by atoms with Crippen molar-refractivity contribution in [3.05, 3.63) is 99.0 Å². The Morgan fingerprint density at radius 1 is 0.720 bits per heavy atom. The van der Waals surface area contributed by atoms with E-state index in [4.69, 9.17) is 5.11 Å². The summed E-state index contributed by atoms with van der Waals surface area (Å²) in [6.45, 7) is 4.28. The molecule has 0 spiro atoms. The molecule has 0 aliphatic heterocycles. The highest BCUT2D eigenvalue weighted by molar-refractivity contribution is 8.76. The minimum atomic E-state index is -0.176. The molecule has 1 aliphatic carbocycles. The molecule has 12 nitrogen and oxygen atoms in total. The van der Waals surface area contributed by atoms with Crippen LogP contribution >= 0.6 is 21.6 Å². The van der Waals surface area contributed by atoms with E-state index < -0.39 is 0 Å². The van der Waals surface area contributed by atoms with E-state index in [0.717, 1.165) is 35.6 Å². The van der Waals surface area contributed by atoms with Crippen LogP contribution in [0.15, 0.2) is 65.5 Å². The Morgan fingerprint density at radius 2 is 1.36 bits per heavy atom. The van der Waals surface area contributed by atoms with Gasteiger partial charge < -0.3 is 36.7 Å². The summed E-state index contributed by atoms with van der Waals surface area (Å²) in [7, 11) is 3.39. The van der Waals surface area contributed by atoms with Gasteiger partial charge in [0.15, 0.2) is 11.6 Å². The van der Waals surface area contributed by atoms with Crippen LogP contribution in [0, 0.1) is 0 Å². The van der Waals surface area contributed by atoms with Crippen LogP contribution in [0.3, 0.4) is 0 Å². The van der Waals surface area contributed by atoms with Crippen molar-refractivity contribution in [1.29, 1.82) is 0 Å². The van der Waals surface area contributed by atoms with Crippen LogP contribution in [0.25, 0.3) is 11.0 Å². The second-order valence-corrected chi connectivity index (χ2v) is 14.3. The molecule has 0 atom stereocenters. The average molecular weight is 718 g/mol. The number of H-pyrrole nitrogens is 1. The highest BCUT2D eigenvalue weighted by Gasteiger charge is 2.33. The van der Waals surface area contributed by atoms with E-state index >= 15 is 0 Å². The standard InChI is InChI=1S/C36H43N7O5S2/c44-21-19-37-15-17-39-28-10-11-29(33-32(28)34(47)26-5-1-2-6-27(26)35(33)48)40-18-16-38-20-23-50-49-22-13-30(45)41-14-3-4-25-9-7-24-8-12-31(46)43-36(24)42-25/h1-2,5-12,37-40,44H,3-4,13-23H2,(H,41,45)(H,42,43,46). The highest BCUT2D eigenvalue weighted by atomic mass is 33.1. The predicted molar refractivity (Wildman–Crippen MR) is 203 cm³/mol. The Labute approximate surface area is 298 Å². The van der Waals surface area contributed by atoms with Gasteiger partial charge in [-0.25, -0.2) is 4.98 Å². The van der Waals surface area contributed by atoms with Crippen LogP contribution < -0.4 is 32.1 Å². The van der Waals surface area contributed by atoms with Gasteiger partial charge in [0.25, 0.3) is 0 Å². The summed E-state index contributed by atoms with van der Waals surface area (Å²) in [4.78, 5) is 58.1. The molecule has 4 aromatic rings. The van der Waals surface area contributed by atoms with Crippen molar-refractivity contribution in [2.45, 2.75) is 19.3 Å². The van der Waals surface area contributed by atoms with Gasteiger partial charge in [0.2, 0.25) is 11.5 Å². The lowest BCUT2D eigenvalue weighted by atomic mass is 9.82. The number of rotatable bonds is 21. The number of fused-ring (bicyclic) bond motifs is 3. The van der Waals surface area contributed by atoms with E-state index in [2.05, 4.69) is 36.6 Å². The number of amides is 1. The number of nitrogens with zero attached hydrogens (tertiary/aromatic N) is 1. The first-order valence-corrected chi connectivity index (χ1v) is 19.3.